The van der Waals surface area contributed by atoms with E-state index in [-0.39, 0.29) is 11.2 Å². The van der Waals surface area contributed by atoms with Crippen molar-refractivity contribution in [3.8, 4) is 5.75 Å². The highest BCUT2D eigenvalue weighted by Crippen LogP contribution is 2.21. The largest absolute Gasteiger partial charge is 0.497 e. The van der Waals surface area contributed by atoms with E-state index in [1.165, 1.54) is 0 Å². The second kappa shape index (κ2) is 7.56. The van der Waals surface area contributed by atoms with Crippen molar-refractivity contribution in [1.29, 1.82) is 0 Å². The summed E-state index contributed by atoms with van der Waals surface area (Å²) in [4.78, 5) is 13.5. The lowest BCUT2D eigenvalue weighted by molar-refractivity contribution is -0.969. The Morgan fingerprint density at radius 3 is 2.72 bits per heavy atom. The molecule has 0 atom stereocenters. The Balaban J connectivity index is 1.71. The molecule has 3 N–H and O–H groups in total. The van der Waals surface area contributed by atoms with Crippen LogP contribution in [0.25, 0.3) is 11.0 Å². The number of benzene rings is 1. The number of nitrogens with one attached hydrogen (secondary N) is 1. The molecule has 0 unspecified atom stereocenters. The summed E-state index contributed by atoms with van der Waals surface area (Å²) in [5, 5.41) is 3.24. The van der Waals surface area contributed by atoms with Crippen molar-refractivity contribution < 1.29 is 24.1 Å². The first-order chi connectivity index (χ1) is 12.0. The number of methoxy groups -OCH3 is 1. The summed E-state index contributed by atoms with van der Waals surface area (Å²) in [6.07, 6.45) is 0. The molecule has 2 heterocycles. The van der Waals surface area contributed by atoms with Gasteiger partial charge in [-0.3, -0.25) is 0 Å². The number of rotatable bonds is 6. The van der Waals surface area contributed by atoms with Crippen LogP contribution >= 0.6 is 0 Å². The monoisotopic (exact) mass is 348 g/mol. The molecule has 0 bridgehead atoms. The van der Waals surface area contributed by atoms with Gasteiger partial charge in [0.05, 0.1) is 20.3 Å². The topological polar surface area (TPSA) is 69.7 Å². The van der Waals surface area contributed by atoms with Crippen molar-refractivity contribution in [3.05, 3.63) is 40.2 Å². The van der Waals surface area contributed by atoms with Crippen LogP contribution in [0.5, 0.6) is 5.75 Å². The quantitative estimate of drug-likeness (QED) is 0.695. The second-order valence-electron chi connectivity index (χ2n) is 7.25. The maximum absolute atomic E-state index is 11.9. The van der Waals surface area contributed by atoms with E-state index in [0.717, 1.165) is 50.3 Å². The van der Waals surface area contributed by atoms with Crippen LogP contribution in [-0.4, -0.2) is 45.5 Å². The summed E-state index contributed by atoms with van der Waals surface area (Å²) < 4.78 is 16.0. The molecule has 0 spiro atoms. The summed E-state index contributed by atoms with van der Waals surface area (Å²) >= 11 is 0. The molecule has 0 saturated carbocycles. The van der Waals surface area contributed by atoms with Gasteiger partial charge in [-0.2, -0.15) is 0 Å². The van der Waals surface area contributed by atoms with E-state index in [2.05, 4.69) is 19.2 Å². The molecule has 1 aliphatic heterocycles. The molecule has 6 heteroatoms. The van der Waals surface area contributed by atoms with Gasteiger partial charge in [0.15, 0.2) is 0 Å². The first kappa shape index (κ1) is 17.9. The third-order valence-electron chi connectivity index (χ3n) is 5.11. The number of quaternary nitrogens is 2. The normalized spacial score (nSPS) is 16.3. The fraction of sp³-hybridized carbons (Fsp3) is 0.526. The van der Waals surface area contributed by atoms with Gasteiger partial charge >= 0.3 is 5.63 Å². The second-order valence-corrected chi connectivity index (χ2v) is 7.25. The summed E-state index contributed by atoms with van der Waals surface area (Å²) in [7, 11) is 1.60. The van der Waals surface area contributed by atoms with Crippen LogP contribution in [0, 0.1) is 0 Å². The number of morpholine rings is 1. The van der Waals surface area contributed by atoms with E-state index in [0.29, 0.717) is 11.3 Å². The number of hydrogen-bond acceptors (Lipinski definition) is 4. The van der Waals surface area contributed by atoms with Crippen molar-refractivity contribution in [2.24, 2.45) is 0 Å². The molecular weight excluding hydrogens is 320 g/mol. The van der Waals surface area contributed by atoms with Gasteiger partial charge in [-0.1, -0.05) is 0 Å². The molecule has 1 saturated heterocycles. The molecule has 0 amide bonds. The van der Waals surface area contributed by atoms with Gasteiger partial charge in [-0.25, -0.2) is 4.79 Å². The van der Waals surface area contributed by atoms with Crippen LogP contribution in [-0.2, 0) is 11.3 Å². The van der Waals surface area contributed by atoms with Crippen LogP contribution in [0.3, 0.4) is 0 Å². The highest BCUT2D eigenvalue weighted by atomic mass is 16.5. The van der Waals surface area contributed by atoms with E-state index in [9.17, 15) is 4.79 Å². The van der Waals surface area contributed by atoms with Gasteiger partial charge in [-0.15, -0.1) is 0 Å². The molecule has 0 aliphatic carbocycles. The number of nitrogens with two attached hydrogens (primary N) is 1. The standard InChI is InChI=1S/C19H26N2O4/c1-19(2,21-6-8-24-9-7-21)13-20-12-14-10-18(22)25-17-11-15(23-3)4-5-16(14)17/h4-5,10-11,20H,6-9,12-13H2,1-3H3/p+2. The molecule has 136 valence electrons. The molecule has 3 rings (SSSR count). The Morgan fingerprint density at radius 2 is 2.00 bits per heavy atom. The molecule has 1 aliphatic rings. The van der Waals surface area contributed by atoms with Crippen LogP contribution < -0.4 is 20.6 Å². The number of ether oxygens (including phenoxy) is 2. The number of hydrogen-bond donors (Lipinski definition) is 2. The average molecular weight is 348 g/mol. The molecule has 1 aromatic carbocycles. The fourth-order valence-corrected chi connectivity index (χ4v) is 3.53. The van der Waals surface area contributed by atoms with Gasteiger partial charge in [0.1, 0.15) is 43.1 Å². The average Bonchev–Trinajstić information content (AvgIpc) is 2.61. The summed E-state index contributed by atoms with van der Waals surface area (Å²) in [6, 6.07) is 7.22. The van der Waals surface area contributed by atoms with Gasteiger partial charge < -0.3 is 24.1 Å². The first-order valence-corrected chi connectivity index (χ1v) is 8.85. The van der Waals surface area contributed by atoms with E-state index < -0.39 is 0 Å². The maximum Gasteiger partial charge on any atom is 0.336 e. The Morgan fingerprint density at radius 1 is 1.24 bits per heavy atom. The van der Waals surface area contributed by atoms with Crippen LogP contribution in [0.2, 0.25) is 0 Å². The predicted molar refractivity (Wildman–Crippen MR) is 95.1 cm³/mol. The first-order valence-electron chi connectivity index (χ1n) is 8.85. The highest BCUT2D eigenvalue weighted by molar-refractivity contribution is 5.81. The fourth-order valence-electron chi connectivity index (χ4n) is 3.53. The summed E-state index contributed by atoms with van der Waals surface area (Å²) in [5.41, 5.74) is 1.43. The van der Waals surface area contributed by atoms with Crippen LogP contribution in [0.15, 0.2) is 33.5 Å². The van der Waals surface area contributed by atoms with E-state index in [4.69, 9.17) is 13.9 Å². The van der Waals surface area contributed by atoms with Crippen molar-refractivity contribution in [1.82, 2.24) is 0 Å². The Bertz CT molecular complexity index is 779. The van der Waals surface area contributed by atoms with Gasteiger partial charge in [0.25, 0.3) is 0 Å². The Kier molecular flexibility index (Phi) is 5.42. The third-order valence-corrected chi connectivity index (χ3v) is 5.11. The van der Waals surface area contributed by atoms with Gasteiger partial charge in [0.2, 0.25) is 0 Å². The van der Waals surface area contributed by atoms with E-state index in [1.54, 1.807) is 24.1 Å². The minimum Gasteiger partial charge on any atom is -0.497 e. The van der Waals surface area contributed by atoms with Crippen LogP contribution in [0.4, 0.5) is 0 Å². The molecular formula is C19H28N2O4+2. The van der Waals surface area contributed by atoms with Crippen molar-refractivity contribution in [2.75, 3.05) is 40.0 Å². The smallest absolute Gasteiger partial charge is 0.336 e. The minimum absolute atomic E-state index is 0.169. The molecule has 2 aromatic rings. The summed E-state index contributed by atoms with van der Waals surface area (Å²) in [5.74, 6) is 0.689. The van der Waals surface area contributed by atoms with Crippen LogP contribution in [0.1, 0.15) is 19.4 Å². The maximum atomic E-state index is 11.9. The number of fused-ring (bicyclic) bond motifs is 1. The third kappa shape index (κ3) is 4.21. The predicted octanol–water partition coefficient (Wildman–Crippen LogP) is -0.441. The molecule has 6 nitrogen and oxygen atoms in total. The lowest BCUT2D eigenvalue weighted by atomic mass is 10.0. The minimum atomic E-state index is -0.317. The highest BCUT2D eigenvalue weighted by Gasteiger charge is 2.33. The Labute approximate surface area is 147 Å². The SMILES string of the molecule is COc1ccc2c(C[NH2+]CC(C)(C)[NH+]3CCOCC3)cc(=O)oc2c1. The zero-order valence-electron chi connectivity index (χ0n) is 15.3. The molecule has 0 radical (unpaired) electrons. The van der Waals surface area contributed by atoms with Gasteiger partial charge in [0, 0.05) is 23.1 Å². The van der Waals surface area contributed by atoms with Crippen molar-refractivity contribution >= 4 is 11.0 Å². The molecule has 25 heavy (non-hydrogen) atoms. The summed E-state index contributed by atoms with van der Waals surface area (Å²) in [6.45, 7) is 10.1. The lowest BCUT2D eigenvalue weighted by Crippen LogP contribution is -3.23. The van der Waals surface area contributed by atoms with Crippen molar-refractivity contribution in [3.63, 3.8) is 0 Å². The zero-order valence-corrected chi connectivity index (χ0v) is 15.3. The van der Waals surface area contributed by atoms with Crippen molar-refractivity contribution in [2.45, 2.75) is 25.9 Å². The lowest BCUT2D eigenvalue weighted by Gasteiger charge is -2.36. The Hall–Kier alpha value is -1.89. The zero-order chi connectivity index (χ0) is 17.9. The van der Waals surface area contributed by atoms with Gasteiger partial charge in [-0.05, 0) is 26.0 Å². The molecule has 1 fully saturated rings. The van der Waals surface area contributed by atoms with E-state index in [1.807, 2.05) is 12.1 Å². The molecule has 1 aromatic heterocycles. The van der Waals surface area contributed by atoms with E-state index >= 15 is 0 Å².